The summed E-state index contributed by atoms with van der Waals surface area (Å²) in [6.45, 7) is 12.9. The molecule has 1 aromatic carbocycles. The van der Waals surface area contributed by atoms with Crippen LogP contribution in [0.1, 0.15) is 33.3 Å². The van der Waals surface area contributed by atoms with Crippen LogP contribution in [-0.2, 0) is 0 Å². The van der Waals surface area contributed by atoms with Crippen molar-refractivity contribution in [3.05, 3.63) is 29.8 Å². The lowest BCUT2D eigenvalue weighted by Gasteiger charge is -2.36. The summed E-state index contributed by atoms with van der Waals surface area (Å²) in [4.78, 5) is 2.42. The maximum absolute atomic E-state index is 6.06. The van der Waals surface area contributed by atoms with Gasteiger partial charge in [0.2, 0.25) is 0 Å². The first-order valence-corrected chi connectivity index (χ1v) is 6.44. The number of hydrogen-bond acceptors (Lipinski definition) is 2. The second-order valence-corrected chi connectivity index (χ2v) is 5.58. The zero-order valence-corrected chi connectivity index (χ0v) is 11.8. The first-order valence-electron chi connectivity index (χ1n) is 6.44. The van der Waals surface area contributed by atoms with Crippen molar-refractivity contribution in [3.8, 4) is 0 Å². The maximum atomic E-state index is 6.06. The predicted molar refractivity (Wildman–Crippen MR) is 76.5 cm³/mol. The third-order valence-corrected chi connectivity index (χ3v) is 3.67. The SMILES string of the molecule is CCN(CC(C)(C)C(C)N)c1ccccc1C. The number of benzene rings is 1. The fraction of sp³-hybridized carbons (Fsp3) is 0.600. The highest BCUT2D eigenvalue weighted by Crippen LogP contribution is 2.26. The summed E-state index contributed by atoms with van der Waals surface area (Å²) in [5.74, 6) is 0. The molecule has 0 saturated heterocycles. The van der Waals surface area contributed by atoms with E-state index in [1.165, 1.54) is 11.3 Å². The Kier molecular flexibility index (Phi) is 4.58. The Morgan fingerprint density at radius 3 is 2.35 bits per heavy atom. The van der Waals surface area contributed by atoms with Crippen LogP contribution in [0.15, 0.2) is 24.3 Å². The highest BCUT2D eigenvalue weighted by atomic mass is 15.1. The highest BCUT2D eigenvalue weighted by molar-refractivity contribution is 5.53. The van der Waals surface area contributed by atoms with Crippen molar-refractivity contribution in [3.63, 3.8) is 0 Å². The molecular formula is C15H26N2. The number of rotatable bonds is 5. The number of nitrogens with zero attached hydrogens (tertiary/aromatic N) is 1. The average Bonchev–Trinajstić information content (AvgIpc) is 2.26. The molecule has 1 unspecified atom stereocenters. The minimum atomic E-state index is 0.123. The van der Waals surface area contributed by atoms with Crippen molar-refractivity contribution in [2.45, 2.75) is 40.7 Å². The number of hydrogen-bond donors (Lipinski definition) is 1. The summed E-state index contributed by atoms with van der Waals surface area (Å²) in [7, 11) is 0. The Hall–Kier alpha value is -1.02. The van der Waals surface area contributed by atoms with Crippen LogP contribution in [0.25, 0.3) is 0 Å². The zero-order valence-electron chi connectivity index (χ0n) is 11.8. The third kappa shape index (κ3) is 3.47. The summed E-state index contributed by atoms with van der Waals surface area (Å²) in [6.07, 6.45) is 0. The lowest BCUT2D eigenvalue weighted by Crippen LogP contribution is -2.44. The summed E-state index contributed by atoms with van der Waals surface area (Å²) >= 11 is 0. The summed E-state index contributed by atoms with van der Waals surface area (Å²) in [5.41, 5.74) is 8.84. The van der Waals surface area contributed by atoms with Gasteiger partial charge in [-0.15, -0.1) is 0 Å². The van der Waals surface area contributed by atoms with Gasteiger partial charge in [-0.1, -0.05) is 32.0 Å². The van der Waals surface area contributed by atoms with Gasteiger partial charge in [-0.05, 0) is 37.8 Å². The molecule has 1 atom stereocenters. The molecule has 0 spiro atoms. The van der Waals surface area contributed by atoms with Gasteiger partial charge in [0.15, 0.2) is 0 Å². The smallest absolute Gasteiger partial charge is 0.0396 e. The van der Waals surface area contributed by atoms with Crippen LogP contribution >= 0.6 is 0 Å². The third-order valence-electron chi connectivity index (χ3n) is 3.67. The highest BCUT2D eigenvalue weighted by Gasteiger charge is 2.25. The van der Waals surface area contributed by atoms with Crippen LogP contribution in [0, 0.1) is 12.3 Å². The molecule has 0 aliphatic heterocycles. The molecule has 0 bridgehead atoms. The molecule has 2 nitrogen and oxygen atoms in total. The number of para-hydroxylation sites is 1. The molecule has 0 aromatic heterocycles. The van der Waals surface area contributed by atoms with E-state index in [4.69, 9.17) is 5.73 Å². The van der Waals surface area contributed by atoms with E-state index in [9.17, 15) is 0 Å². The maximum Gasteiger partial charge on any atom is 0.0396 e. The molecule has 2 N–H and O–H groups in total. The molecule has 0 radical (unpaired) electrons. The molecule has 0 aliphatic rings. The molecule has 96 valence electrons. The Labute approximate surface area is 106 Å². The van der Waals surface area contributed by atoms with Gasteiger partial charge in [0.25, 0.3) is 0 Å². The van der Waals surface area contributed by atoms with Crippen LogP contribution < -0.4 is 10.6 Å². The van der Waals surface area contributed by atoms with Crippen LogP contribution in [0.3, 0.4) is 0 Å². The van der Waals surface area contributed by atoms with Crippen LogP contribution in [-0.4, -0.2) is 19.1 Å². The van der Waals surface area contributed by atoms with Crippen LogP contribution in [0.4, 0.5) is 5.69 Å². The topological polar surface area (TPSA) is 29.3 Å². The van der Waals surface area contributed by atoms with Crippen molar-refractivity contribution in [1.82, 2.24) is 0 Å². The van der Waals surface area contributed by atoms with E-state index in [0.717, 1.165) is 13.1 Å². The van der Waals surface area contributed by atoms with Crippen molar-refractivity contribution >= 4 is 5.69 Å². The Morgan fingerprint density at radius 2 is 1.88 bits per heavy atom. The molecule has 0 amide bonds. The molecular weight excluding hydrogens is 208 g/mol. The van der Waals surface area contributed by atoms with E-state index in [1.807, 2.05) is 0 Å². The second-order valence-electron chi connectivity index (χ2n) is 5.58. The molecule has 1 rings (SSSR count). The Balaban J connectivity index is 2.90. The van der Waals surface area contributed by atoms with Gasteiger partial charge < -0.3 is 10.6 Å². The van der Waals surface area contributed by atoms with Gasteiger partial charge in [0.1, 0.15) is 0 Å². The van der Waals surface area contributed by atoms with Gasteiger partial charge >= 0.3 is 0 Å². The van der Waals surface area contributed by atoms with Crippen molar-refractivity contribution < 1.29 is 0 Å². The molecule has 1 aromatic rings. The molecule has 0 heterocycles. The fourth-order valence-electron chi connectivity index (χ4n) is 1.92. The molecule has 0 saturated carbocycles. The summed E-state index contributed by atoms with van der Waals surface area (Å²) in [6, 6.07) is 8.74. The van der Waals surface area contributed by atoms with Crippen LogP contribution in [0.2, 0.25) is 0 Å². The largest absolute Gasteiger partial charge is 0.371 e. The molecule has 2 heteroatoms. The standard InChI is InChI=1S/C15H26N2/c1-6-17(11-15(4,5)13(3)16)14-10-8-7-9-12(14)2/h7-10,13H,6,11,16H2,1-5H3. The van der Waals surface area contributed by atoms with Gasteiger partial charge in [-0.25, -0.2) is 0 Å². The quantitative estimate of drug-likeness (QED) is 0.847. The first-order chi connectivity index (χ1) is 7.88. The van der Waals surface area contributed by atoms with Crippen molar-refractivity contribution in [2.24, 2.45) is 11.1 Å². The van der Waals surface area contributed by atoms with Crippen LogP contribution in [0.5, 0.6) is 0 Å². The van der Waals surface area contributed by atoms with Crippen molar-refractivity contribution in [1.29, 1.82) is 0 Å². The van der Waals surface area contributed by atoms with Gasteiger partial charge in [0.05, 0.1) is 0 Å². The number of aryl methyl sites for hydroxylation is 1. The normalized spacial score (nSPS) is 13.5. The van der Waals surface area contributed by atoms with E-state index in [1.54, 1.807) is 0 Å². The zero-order chi connectivity index (χ0) is 13.1. The number of anilines is 1. The van der Waals surface area contributed by atoms with E-state index in [2.05, 4.69) is 63.8 Å². The van der Waals surface area contributed by atoms with Gasteiger partial charge in [0, 0.05) is 24.8 Å². The number of nitrogens with two attached hydrogens (primary N) is 1. The van der Waals surface area contributed by atoms with E-state index >= 15 is 0 Å². The lowest BCUT2D eigenvalue weighted by atomic mass is 9.85. The Morgan fingerprint density at radius 1 is 1.29 bits per heavy atom. The second kappa shape index (κ2) is 5.54. The summed E-state index contributed by atoms with van der Waals surface area (Å²) < 4.78 is 0. The van der Waals surface area contributed by atoms with Gasteiger partial charge in [-0.2, -0.15) is 0 Å². The van der Waals surface area contributed by atoms with E-state index < -0.39 is 0 Å². The lowest BCUT2D eigenvalue weighted by molar-refractivity contribution is 0.305. The first kappa shape index (κ1) is 14.0. The predicted octanol–water partition coefficient (Wildman–Crippen LogP) is 3.19. The van der Waals surface area contributed by atoms with Gasteiger partial charge in [-0.3, -0.25) is 0 Å². The average molecular weight is 234 g/mol. The fourth-order valence-corrected chi connectivity index (χ4v) is 1.92. The molecule has 17 heavy (non-hydrogen) atoms. The van der Waals surface area contributed by atoms with E-state index in [0.29, 0.717) is 0 Å². The summed E-state index contributed by atoms with van der Waals surface area (Å²) in [5, 5.41) is 0. The minimum Gasteiger partial charge on any atom is -0.371 e. The van der Waals surface area contributed by atoms with Crippen molar-refractivity contribution in [2.75, 3.05) is 18.0 Å². The molecule has 0 aliphatic carbocycles. The monoisotopic (exact) mass is 234 g/mol. The molecule has 0 fully saturated rings. The van der Waals surface area contributed by atoms with E-state index in [-0.39, 0.29) is 11.5 Å². The minimum absolute atomic E-state index is 0.123. The Bertz CT molecular complexity index is 356.